The van der Waals surface area contributed by atoms with Gasteiger partial charge in [0.15, 0.2) is 6.29 Å². The van der Waals surface area contributed by atoms with E-state index < -0.39 is 0 Å². The topological polar surface area (TPSA) is 38.7 Å². The Bertz CT molecular complexity index is 186. The van der Waals surface area contributed by atoms with E-state index in [0.29, 0.717) is 0 Å². The Hall–Kier alpha value is -0.380. The third-order valence-corrected chi connectivity index (χ3v) is 2.78. The van der Waals surface area contributed by atoms with E-state index in [-0.39, 0.29) is 19.0 Å². The summed E-state index contributed by atoms with van der Waals surface area (Å²) >= 11 is 0. The molecule has 0 aromatic heterocycles. The monoisotopic (exact) mass is 228 g/mol. The molecule has 3 heteroatoms. The Kier molecular flexibility index (Phi) is 7.47. The van der Waals surface area contributed by atoms with E-state index in [1.54, 1.807) is 6.08 Å². The third-order valence-electron chi connectivity index (χ3n) is 2.78. The lowest BCUT2D eigenvalue weighted by molar-refractivity contribution is -0.185. The van der Waals surface area contributed by atoms with Crippen LogP contribution in [0.5, 0.6) is 0 Å². The number of unbranched alkanes of at least 4 members (excludes halogenated alkanes) is 1. The van der Waals surface area contributed by atoms with Crippen LogP contribution in [0.4, 0.5) is 0 Å². The molecule has 0 amide bonds. The van der Waals surface area contributed by atoms with Crippen LogP contribution in [0.3, 0.4) is 0 Å². The minimum atomic E-state index is 0.0248. The van der Waals surface area contributed by atoms with Crippen molar-refractivity contribution in [3.63, 3.8) is 0 Å². The molecule has 1 rings (SSSR count). The number of aliphatic hydroxyl groups excluding tert-OH is 1. The van der Waals surface area contributed by atoms with Gasteiger partial charge in [0.1, 0.15) is 0 Å². The van der Waals surface area contributed by atoms with Crippen LogP contribution >= 0.6 is 0 Å². The summed E-state index contributed by atoms with van der Waals surface area (Å²) in [7, 11) is 0. The third kappa shape index (κ3) is 6.26. The lowest BCUT2D eigenvalue weighted by Crippen LogP contribution is -2.26. The van der Waals surface area contributed by atoms with Gasteiger partial charge < -0.3 is 14.6 Å². The van der Waals surface area contributed by atoms with Crippen molar-refractivity contribution in [3.05, 3.63) is 12.2 Å². The first kappa shape index (κ1) is 13.7. The summed E-state index contributed by atoms with van der Waals surface area (Å²) in [5, 5.41) is 8.56. The average molecular weight is 228 g/mol. The average Bonchev–Trinajstić information content (AvgIpc) is 2.30. The fourth-order valence-electron chi connectivity index (χ4n) is 1.86. The molecule has 3 nitrogen and oxygen atoms in total. The van der Waals surface area contributed by atoms with Gasteiger partial charge in [-0.3, -0.25) is 0 Å². The number of aliphatic hydroxyl groups is 1. The second-order valence-corrected chi connectivity index (χ2v) is 4.33. The summed E-state index contributed by atoms with van der Waals surface area (Å²) < 4.78 is 11.3. The van der Waals surface area contributed by atoms with Gasteiger partial charge in [0.25, 0.3) is 0 Å². The van der Waals surface area contributed by atoms with Crippen molar-refractivity contribution in [2.75, 3.05) is 13.2 Å². The molecule has 0 aliphatic carbocycles. The summed E-state index contributed by atoms with van der Waals surface area (Å²) in [6.45, 7) is 3.09. The van der Waals surface area contributed by atoms with Crippen molar-refractivity contribution < 1.29 is 14.6 Å². The van der Waals surface area contributed by atoms with E-state index in [0.717, 1.165) is 32.3 Å². The molecule has 1 saturated heterocycles. The van der Waals surface area contributed by atoms with Gasteiger partial charge in [-0.15, -0.1) is 0 Å². The maximum Gasteiger partial charge on any atom is 0.157 e. The molecule has 1 aliphatic rings. The summed E-state index contributed by atoms with van der Waals surface area (Å²) in [4.78, 5) is 0. The maximum absolute atomic E-state index is 8.56. The maximum atomic E-state index is 8.56. The first-order chi connectivity index (χ1) is 7.83. The van der Waals surface area contributed by atoms with Crippen LogP contribution in [0.15, 0.2) is 12.2 Å². The lowest BCUT2D eigenvalue weighted by atomic mass is 10.1. The largest absolute Gasteiger partial charge is 0.392 e. The fraction of sp³-hybridized carbons (Fsp3) is 0.846. The highest BCUT2D eigenvalue weighted by Gasteiger charge is 2.16. The molecule has 0 aromatic rings. The van der Waals surface area contributed by atoms with Gasteiger partial charge in [0, 0.05) is 6.61 Å². The quantitative estimate of drug-likeness (QED) is 0.538. The van der Waals surface area contributed by atoms with Gasteiger partial charge in [0.05, 0.1) is 12.7 Å². The predicted octanol–water partition coefficient (Wildman–Crippen LogP) is 2.64. The van der Waals surface area contributed by atoms with E-state index in [2.05, 4.69) is 6.92 Å². The van der Waals surface area contributed by atoms with Crippen molar-refractivity contribution in [1.29, 1.82) is 0 Å². The number of rotatable bonds is 7. The smallest absolute Gasteiger partial charge is 0.157 e. The minimum absolute atomic E-state index is 0.0248. The van der Waals surface area contributed by atoms with Crippen LogP contribution in [0.2, 0.25) is 0 Å². The molecule has 1 heterocycles. The second kappa shape index (κ2) is 8.74. The minimum Gasteiger partial charge on any atom is -0.392 e. The molecule has 0 aromatic carbocycles. The van der Waals surface area contributed by atoms with E-state index in [1.165, 1.54) is 12.8 Å². The molecule has 2 unspecified atom stereocenters. The number of allylic oxidation sites excluding steroid dienone is 1. The second-order valence-electron chi connectivity index (χ2n) is 4.33. The van der Waals surface area contributed by atoms with Gasteiger partial charge >= 0.3 is 0 Å². The normalized spacial score (nSPS) is 23.8. The standard InChI is InChI=1S/C13H24O3/c1-12(8-4-2-3-6-10-14)16-13-9-5-7-11-15-13/h3,6,12-14H,2,4-5,7-11H2,1H3/b6-3+. The van der Waals surface area contributed by atoms with Crippen LogP contribution < -0.4 is 0 Å². The summed E-state index contributed by atoms with van der Waals surface area (Å²) in [6, 6.07) is 0. The summed E-state index contributed by atoms with van der Waals surface area (Å²) in [5.41, 5.74) is 0. The van der Waals surface area contributed by atoms with Crippen molar-refractivity contribution in [2.24, 2.45) is 0 Å². The van der Waals surface area contributed by atoms with Gasteiger partial charge in [-0.1, -0.05) is 12.2 Å². The van der Waals surface area contributed by atoms with Crippen LogP contribution in [0.1, 0.15) is 45.4 Å². The molecule has 0 saturated carbocycles. The highest BCUT2D eigenvalue weighted by molar-refractivity contribution is 4.80. The van der Waals surface area contributed by atoms with Gasteiger partial charge in [0.2, 0.25) is 0 Å². The lowest BCUT2D eigenvalue weighted by Gasteiger charge is -2.26. The highest BCUT2D eigenvalue weighted by atomic mass is 16.7. The molecular weight excluding hydrogens is 204 g/mol. The first-order valence-corrected chi connectivity index (χ1v) is 6.36. The van der Waals surface area contributed by atoms with Crippen LogP contribution in [-0.2, 0) is 9.47 Å². The highest BCUT2D eigenvalue weighted by Crippen LogP contribution is 2.17. The zero-order chi connectivity index (χ0) is 11.6. The van der Waals surface area contributed by atoms with Crippen molar-refractivity contribution >= 4 is 0 Å². The SMILES string of the molecule is CC(CCC/C=C/CO)OC1CCCCO1. The van der Waals surface area contributed by atoms with Crippen LogP contribution in [0, 0.1) is 0 Å². The Morgan fingerprint density at radius 3 is 3.00 bits per heavy atom. The Morgan fingerprint density at radius 1 is 1.44 bits per heavy atom. The Morgan fingerprint density at radius 2 is 2.31 bits per heavy atom. The summed E-state index contributed by atoms with van der Waals surface area (Å²) in [6.07, 6.45) is 10.7. The molecule has 1 N–H and O–H groups in total. The van der Waals surface area contributed by atoms with Gasteiger partial charge in [-0.25, -0.2) is 0 Å². The zero-order valence-corrected chi connectivity index (χ0v) is 10.2. The van der Waals surface area contributed by atoms with E-state index >= 15 is 0 Å². The zero-order valence-electron chi connectivity index (χ0n) is 10.2. The Balaban J connectivity index is 2.01. The van der Waals surface area contributed by atoms with Crippen LogP contribution in [-0.4, -0.2) is 30.7 Å². The van der Waals surface area contributed by atoms with Crippen molar-refractivity contribution in [1.82, 2.24) is 0 Å². The molecule has 0 spiro atoms. The molecule has 1 fully saturated rings. The van der Waals surface area contributed by atoms with Crippen molar-refractivity contribution in [2.45, 2.75) is 57.8 Å². The summed E-state index contributed by atoms with van der Waals surface area (Å²) in [5.74, 6) is 0. The molecule has 94 valence electrons. The molecule has 0 bridgehead atoms. The van der Waals surface area contributed by atoms with E-state index in [1.807, 2.05) is 6.08 Å². The molecule has 2 atom stereocenters. The molecular formula is C13H24O3. The molecule has 16 heavy (non-hydrogen) atoms. The predicted molar refractivity (Wildman–Crippen MR) is 64.2 cm³/mol. The van der Waals surface area contributed by atoms with Crippen molar-refractivity contribution in [3.8, 4) is 0 Å². The number of ether oxygens (including phenoxy) is 2. The van der Waals surface area contributed by atoms with E-state index in [4.69, 9.17) is 14.6 Å². The molecule has 0 radical (unpaired) electrons. The number of hydrogen-bond donors (Lipinski definition) is 1. The van der Waals surface area contributed by atoms with Crippen LogP contribution in [0.25, 0.3) is 0 Å². The van der Waals surface area contributed by atoms with E-state index in [9.17, 15) is 0 Å². The van der Waals surface area contributed by atoms with Gasteiger partial charge in [-0.05, 0) is 45.4 Å². The number of hydrogen-bond acceptors (Lipinski definition) is 3. The molecule has 1 aliphatic heterocycles. The first-order valence-electron chi connectivity index (χ1n) is 6.36. The van der Waals surface area contributed by atoms with Gasteiger partial charge in [-0.2, -0.15) is 0 Å². The Labute approximate surface area is 98.4 Å². The fourth-order valence-corrected chi connectivity index (χ4v) is 1.86.